The largest absolute Gasteiger partial charge is 0.454 e. The summed E-state index contributed by atoms with van der Waals surface area (Å²) in [5.41, 5.74) is 2.45. The van der Waals surface area contributed by atoms with Crippen LogP contribution in [0.25, 0.3) is 0 Å². The molecule has 2 unspecified atom stereocenters. The molecule has 0 aliphatic rings. The summed E-state index contributed by atoms with van der Waals surface area (Å²) in [7, 11) is 0. The second-order valence-corrected chi connectivity index (χ2v) is 5.32. The molecule has 0 aliphatic carbocycles. The number of hydrogen-bond donors (Lipinski definition) is 0. The first-order valence-electron chi connectivity index (χ1n) is 7.05. The molecule has 0 bridgehead atoms. The molecule has 4 nitrogen and oxygen atoms in total. The Morgan fingerprint density at radius 1 is 0.818 bits per heavy atom. The van der Waals surface area contributed by atoms with Crippen LogP contribution in [0.3, 0.4) is 0 Å². The molecule has 0 aromatic heterocycles. The van der Waals surface area contributed by atoms with Crippen LogP contribution in [-0.4, -0.2) is 11.9 Å². The third-order valence-corrected chi connectivity index (χ3v) is 3.14. The molecule has 0 fully saturated rings. The molecule has 0 spiro atoms. The van der Waals surface area contributed by atoms with Crippen molar-refractivity contribution in [2.24, 2.45) is 0 Å². The van der Waals surface area contributed by atoms with Gasteiger partial charge in [-0.15, -0.1) is 0 Å². The fourth-order valence-corrected chi connectivity index (χ4v) is 1.70. The average molecular weight is 302 g/mol. The summed E-state index contributed by atoms with van der Waals surface area (Å²) in [6.45, 7) is 13.9. The van der Waals surface area contributed by atoms with Gasteiger partial charge >= 0.3 is 11.9 Å². The zero-order valence-corrected chi connectivity index (χ0v) is 13.5. The van der Waals surface area contributed by atoms with Crippen LogP contribution in [0.1, 0.15) is 51.0 Å². The number of rotatable bonds is 6. The molecule has 0 aliphatic heterocycles. The lowest BCUT2D eigenvalue weighted by Crippen LogP contribution is -2.10. The first-order chi connectivity index (χ1) is 10.2. The predicted octanol–water partition coefficient (Wildman–Crippen LogP) is 4.05. The Morgan fingerprint density at radius 3 is 1.32 bits per heavy atom. The van der Waals surface area contributed by atoms with Crippen LogP contribution in [-0.2, 0) is 19.1 Å². The van der Waals surface area contributed by atoms with Crippen LogP contribution >= 0.6 is 0 Å². The van der Waals surface area contributed by atoms with Crippen LogP contribution in [0.2, 0.25) is 0 Å². The van der Waals surface area contributed by atoms with Crippen molar-refractivity contribution in [3.8, 4) is 0 Å². The molecule has 118 valence electrons. The van der Waals surface area contributed by atoms with Gasteiger partial charge in [-0.05, 0) is 38.8 Å². The smallest absolute Gasteiger partial charge is 0.333 e. The van der Waals surface area contributed by atoms with E-state index in [1.165, 1.54) is 0 Å². The molecule has 1 aromatic carbocycles. The number of carbonyl (C=O) groups excluding carboxylic acids is 2. The van der Waals surface area contributed by atoms with Gasteiger partial charge in [0, 0.05) is 11.1 Å². The molecular formula is C18H22O4. The van der Waals surface area contributed by atoms with E-state index in [-0.39, 0.29) is 12.2 Å². The molecule has 0 radical (unpaired) electrons. The van der Waals surface area contributed by atoms with Crippen LogP contribution in [0.15, 0.2) is 48.6 Å². The maximum atomic E-state index is 11.5. The summed E-state index contributed by atoms with van der Waals surface area (Å²) in [5.74, 6) is -0.833. The van der Waals surface area contributed by atoms with E-state index in [0.717, 1.165) is 11.1 Å². The molecule has 4 heteroatoms. The van der Waals surface area contributed by atoms with Crippen LogP contribution < -0.4 is 0 Å². The summed E-state index contributed by atoms with van der Waals surface area (Å²) < 4.78 is 10.5. The number of benzene rings is 1. The first-order valence-corrected chi connectivity index (χ1v) is 7.05. The topological polar surface area (TPSA) is 52.6 Å². The molecule has 1 rings (SSSR count). The van der Waals surface area contributed by atoms with Gasteiger partial charge in [-0.3, -0.25) is 0 Å². The molecule has 0 saturated heterocycles. The highest BCUT2D eigenvalue weighted by Crippen LogP contribution is 2.23. The van der Waals surface area contributed by atoms with Crippen molar-refractivity contribution < 1.29 is 19.1 Å². The monoisotopic (exact) mass is 302 g/mol. The zero-order valence-electron chi connectivity index (χ0n) is 13.5. The Kier molecular flexibility index (Phi) is 6.11. The first kappa shape index (κ1) is 17.7. The van der Waals surface area contributed by atoms with E-state index in [1.807, 2.05) is 24.3 Å². The molecule has 1 aromatic rings. The minimum Gasteiger partial charge on any atom is -0.454 e. The third-order valence-electron chi connectivity index (χ3n) is 3.14. The lowest BCUT2D eigenvalue weighted by Gasteiger charge is -2.16. The Morgan fingerprint density at radius 2 is 1.09 bits per heavy atom. The van der Waals surface area contributed by atoms with Crippen molar-refractivity contribution >= 4 is 11.9 Å². The van der Waals surface area contributed by atoms with Gasteiger partial charge < -0.3 is 9.47 Å². The molecule has 2 atom stereocenters. The van der Waals surface area contributed by atoms with Gasteiger partial charge in [0.25, 0.3) is 0 Å². The predicted molar refractivity (Wildman–Crippen MR) is 85.1 cm³/mol. The van der Waals surface area contributed by atoms with Crippen LogP contribution in [0.5, 0.6) is 0 Å². The molecule has 22 heavy (non-hydrogen) atoms. The standard InChI is InChI=1S/C18H22O4/c1-11(2)17(19)21-13(5)15-7-9-16(10-8-15)14(6)22-18(20)12(3)4/h7-10,13-14H,1,3H2,2,4-6H3. The molecule has 0 amide bonds. The minimum atomic E-state index is -0.416. The third kappa shape index (κ3) is 4.88. The highest BCUT2D eigenvalue weighted by molar-refractivity contribution is 5.87. The molecular weight excluding hydrogens is 280 g/mol. The number of ether oxygens (including phenoxy) is 2. The average Bonchev–Trinajstić information content (AvgIpc) is 2.46. The normalized spacial score (nSPS) is 12.9. The van der Waals surface area contributed by atoms with E-state index in [1.54, 1.807) is 27.7 Å². The van der Waals surface area contributed by atoms with Crippen LogP contribution in [0.4, 0.5) is 0 Å². The van der Waals surface area contributed by atoms with Gasteiger partial charge in [-0.25, -0.2) is 9.59 Å². The Balaban J connectivity index is 2.73. The second kappa shape index (κ2) is 7.59. The lowest BCUT2D eigenvalue weighted by molar-refractivity contribution is -0.144. The van der Waals surface area contributed by atoms with Gasteiger partial charge in [-0.2, -0.15) is 0 Å². The van der Waals surface area contributed by atoms with Crippen molar-refractivity contribution in [1.29, 1.82) is 0 Å². The van der Waals surface area contributed by atoms with Crippen molar-refractivity contribution in [2.45, 2.75) is 39.9 Å². The summed E-state index contributed by atoms with van der Waals surface area (Å²) in [5, 5.41) is 0. The maximum absolute atomic E-state index is 11.5. The molecule has 0 heterocycles. The van der Waals surface area contributed by atoms with E-state index in [2.05, 4.69) is 13.2 Å². The molecule has 0 N–H and O–H groups in total. The number of hydrogen-bond acceptors (Lipinski definition) is 4. The van der Waals surface area contributed by atoms with Gasteiger partial charge in [0.1, 0.15) is 12.2 Å². The van der Waals surface area contributed by atoms with Gasteiger partial charge in [0.2, 0.25) is 0 Å². The van der Waals surface area contributed by atoms with E-state index in [0.29, 0.717) is 11.1 Å². The second-order valence-electron chi connectivity index (χ2n) is 5.32. The summed E-state index contributed by atoms with van der Waals surface area (Å²) in [6, 6.07) is 7.38. The van der Waals surface area contributed by atoms with Gasteiger partial charge in [-0.1, -0.05) is 37.4 Å². The van der Waals surface area contributed by atoms with E-state index in [9.17, 15) is 9.59 Å². The van der Waals surface area contributed by atoms with Gasteiger partial charge in [0.05, 0.1) is 0 Å². The number of esters is 2. The SMILES string of the molecule is C=C(C)C(=O)OC(C)c1ccc(C(C)OC(=O)C(=C)C)cc1. The Bertz CT molecular complexity index is 531. The quantitative estimate of drug-likeness (QED) is 0.587. The highest BCUT2D eigenvalue weighted by Gasteiger charge is 2.15. The van der Waals surface area contributed by atoms with Gasteiger partial charge in [0.15, 0.2) is 0 Å². The maximum Gasteiger partial charge on any atom is 0.333 e. The Hall–Kier alpha value is -2.36. The number of carbonyl (C=O) groups is 2. The fraction of sp³-hybridized carbons (Fsp3) is 0.333. The minimum absolute atomic E-state index is 0.365. The van der Waals surface area contributed by atoms with Crippen molar-refractivity contribution in [2.75, 3.05) is 0 Å². The molecule has 0 saturated carbocycles. The van der Waals surface area contributed by atoms with Crippen LogP contribution in [0, 0.1) is 0 Å². The summed E-state index contributed by atoms with van der Waals surface area (Å²) in [6.07, 6.45) is -0.738. The fourth-order valence-electron chi connectivity index (χ4n) is 1.70. The van der Waals surface area contributed by atoms with E-state index in [4.69, 9.17) is 9.47 Å². The zero-order chi connectivity index (χ0) is 16.9. The van der Waals surface area contributed by atoms with Crippen molar-refractivity contribution in [3.05, 3.63) is 59.7 Å². The summed E-state index contributed by atoms with van der Waals surface area (Å²) in [4.78, 5) is 23.0. The summed E-state index contributed by atoms with van der Waals surface area (Å²) >= 11 is 0. The van der Waals surface area contributed by atoms with E-state index >= 15 is 0 Å². The van der Waals surface area contributed by atoms with Crippen molar-refractivity contribution in [1.82, 2.24) is 0 Å². The van der Waals surface area contributed by atoms with E-state index < -0.39 is 11.9 Å². The van der Waals surface area contributed by atoms with Crippen molar-refractivity contribution in [3.63, 3.8) is 0 Å². The Labute approximate surface area is 131 Å². The highest BCUT2D eigenvalue weighted by atomic mass is 16.5. The lowest BCUT2D eigenvalue weighted by atomic mass is 10.0.